The van der Waals surface area contributed by atoms with Crippen molar-refractivity contribution in [2.45, 2.75) is 69.7 Å². The van der Waals surface area contributed by atoms with Crippen LogP contribution in [0.15, 0.2) is 29.3 Å². The van der Waals surface area contributed by atoms with Crippen LogP contribution in [0.3, 0.4) is 0 Å². The number of carbonyl (C=O) groups excluding carboxylic acids is 1. The molecule has 0 radical (unpaired) electrons. The largest absolute Gasteiger partial charge is 0.475 e. The highest BCUT2D eigenvalue weighted by molar-refractivity contribution is 6.04. The number of rotatable bonds is 9. The normalized spacial score (nSPS) is 21.9. The van der Waals surface area contributed by atoms with E-state index in [2.05, 4.69) is 22.5 Å². The molecule has 0 N–H and O–H groups in total. The molecule has 3 saturated heterocycles. The maximum Gasteiger partial charge on any atom is 0.410 e. The highest BCUT2D eigenvalue weighted by atomic mass is 19.1. The number of pyridine rings is 1. The third-order valence-corrected chi connectivity index (χ3v) is 11.2. The number of aliphatic imine (C=N–C) groups is 1. The van der Waals surface area contributed by atoms with Gasteiger partial charge in [0.15, 0.2) is 12.6 Å². The molecule has 0 bridgehead atoms. The second-order valence-corrected chi connectivity index (χ2v) is 15.8. The second kappa shape index (κ2) is 14.6. The molecule has 0 spiro atoms. The van der Waals surface area contributed by atoms with Crippen LogP contribution < -0.4 is 19.1 Å². The van der Waals surface area contributed by atoms with Gasteiger partial charge in [-0.3, -0.25) is 9.89 Å². The fraction of sp³-hybridized carbons (Fsp3) is 0.488. The number of aromatic nitrogens is 3. The van der Waals surface area contributed by atoms with E-state index in [1.54, 1.807) is 23.1 Å². The number of terminal acetylenes is 1. The van der Waals surface area contributed by atoms with Gasteiger partial charge in [-0.2, -0.15) is 9.97 Å². The van der Waals surface area contributed by atoms with E-state index in [1.165, 1.54) is 13.2 Å². The van der Waals surface area contributed by atoms with Crippen LogP contribution in [0.5, 0.6) is 17.6 Å². The predicted octanol–water partition coefficient (Wildman–Crippen LogP) is 5.98. The minimum absolute atomic E-state index is 0.00589. The van der Waals surface area contributed by atoms with E-state index in [0.717, 1.165) is 32.2 Å². The van der Waals surface area contributed by atoms with Gasteiger partial charge in [-0.25, -0.2) is 18.6 Å². The lowest BCUT2D eigenvalue weighted by Crippen LogP contribution is -2.57. The van der Waals surface area contributed by atoms with Crippen LogP contribution in [0.25, 0.3) is 32.9 Å². The summed E-state index contributed by atoms with van der Waals surface area (Å²) in [5, 5.41) is 1.03. The Morgan fingerprint density at radius 2 is 1.96 bits per heavy atom. The molecule has 8 rings (SSSR count). The number of benzene rings is 2. The number of amides is 1. The maximum atomic E-state index is 17.5. The lowest BCUT2D eigenvalue weighted by Gasteiger charge is -2.41. The number of halogens is 2. The molecule has 4 aliphatic heterocycles. The summed E-state index contributed by atoms with van der Waals surface area (Å²) >= 11 is 0. The van der Waals surface area contributed by atoms with Crippen molar-refractivity contribution in [1.82, 2.24) is 24.8 Å². The van der Waals surface area contributed by atoms with E-state index in [-0.39, 0.29) is 76.5 Å². The molecular formula is C41H45F2N7O6. The Balaban J connectivity index is 1.27. The van der Waals surface area contributed by atoms with Gasteiger partial charge in [-0.05, 0) is 83.3 Å². The maximum absolute atomic E-state index is 17.5. The molecule has 0 aliphatic carbocycles. The molecule has 3 fully saturated rings. The van der Waals surface area contributed by atoms with Crippen LogP contribution in [0.2, 0.25) is 0 Å². The molecule has 0 unspecified atom stereocenters. The Morgan fingerprint density at radius 3 is 2.73 bits per heavy atom. The predicted molar refractivity (Wildman–Crippen MR) is 207 cm³/mol. The van der Waals surface area contributed by atoms with Gasteiger partial charge in [-0.15, -0.1) is 6.42 Å². The average molecular weight is 770 g/mol. The number of anilines is 1. The van der Waals surface area contributed by atoms with E-state index in [9.17, 15) is 4.79 Å². The van der Waals surface area contributed by atoms with Crippen LogP contribution >= 0.6 is 0 Å². The molecular weight excluding hydrogens is 724 g/mol. The summed E-state index contributed by atoms with van der Waals surface area (Å²) in [5.74, 6) is 1.76. The zero-order valence-electron chi connectivity index (χ0n) is 32.1. The van der Waals surface area contributed by atoms with Gasteiger partial charge in [0.05, 0.1) is 23.7 Å². The second-order valence-electron chi connectivity index (χ2n) is 15.8. The van der Waals surface area contributed by atoms with Crippen molar-refractivity contribution in [3.63, 3.8) is 0 Å². The topological polar surface area (TPSA) is 124 Å². The number of methoxy groups -OCH3 is 1. The van der Waals surface area contributed by atoms with Crippen molar-refractivity contribution in [2.24, 2.45) is 4.99 Å². The number of ether oxygens (including phenoxy) is 5. The molecule has 1 amide bonds. The molecule has 3 atom stereocenters. The first kappa shape index (κ1) is 37.6. The summed E-state index contributed by atoms with van der Waals surface area (Å²) < 4.78 is 62.3. The number of carbonyl (C=O) groups is 1. The lowest BCUT2D eigenvalue weighted by atomic mass is 9.95. The Bertz CT molecular complexity index is 2260. The van der Waals surface area contributed by atoms with E-state index in [0.29, 0.717) is 43.2 Å². The first-order chi connectivity index (χ1) is 26.9. The summed E-state index contributed by atoms with van der Waals surface area (Å²) in [5.41, 5.74) is -1.05. The van der Waals surface area contributed by atoms with E-state index < -0.39 is 29.4 Å². The highest BCUT2D eigenvalue weighted by Gasteiger charge is 2.50. The van der Waals surface area contributed by atoms with Gasteiger partial charge in [0.25, 0.3) is 0 Å². The van der Waals surface area contributed by atoms with Gasteiger partial charge < -0.3 is 33.5 Å². The summed E-state index contributed by atoms with van der Waals surface area (Å²) in [6.07, 6.45) is 9.27. The van der Waals surface area contributed by atoms with Gasteiger partial charge in [-0.1, -0.05) is 12.0 Å². The lowest BCUT2D eigenvalue weighted by molar-refractivity contribution is 0.0201. The van der Waals surface area contributed by atoms with E-state index in [1.807, 2.05) is 25.7 Å². The molecule has 13 nitrogen and oxygen atoms in total. The number of hydrogen-bond acceptors (Lipinski definition) is 12. The molecule has 15 heteroatoms. The van der Waals surface area contributed by atoms with Gasteiger partial charge in [0.1, 0.15) is 52.8 Å². The van der Waals surface area contributed by atoms with E-state index in [4.69, 9.17) is 45.1 Å². The fourth-order valence-electron chi connectivity index (χ4n) is 8.71. The molecule has 56 heavy (non-hydrogen) atoms. The van der Waals surface area contributed by atoms with Crippen LogP contribution in [-0.2, 0) is 9.47 Å². The summed E-state index contributed by atoms with van der Waals surface area (Å²) in [4.78, 5) is 37.9. The van der Waals surface area contributed by atoms with Crippen LogP contribution in [-0.4, -0.2) is 121 Å². The van der Waals surface area contributed by atoms with Crippen molar-refractivity contribution < 1.29 is 37.3 Å². The van der Waals surface area contributed by atoms with Crippen molar-refractivity contribution in [1.29, 1.82) is 0 Å². The van der Waals surface area contributed by atoms with Crippen molar-refractivity contribution >= 4 is 40.3 Å². The van der Waals surface area contributed by atoms with Crippen molar-refractivity contribution in [3.05, 3.63) is 41.5 Å². The van der Waals surface area contributed by atoms with E-state index >= 15 is 8.78 Å². The van der Waals surface area contributed by atoms with Crippen LogP contribution in [0, 0.1) is 24.0 Å². The number of fused-ring (bicyclic) bond motifs is 4. The third kappa shape index (κ3) is 6.68. The molecule has 2 aromatic carbocycles. The number of piperazine rings is 1. The number of hydrogen-bond donors (Lipinski definition) is 0. The smallest absolute Gasteiger partial charge is 0.410 e. The molecule has 4 aliphatic rings. The first-order valence-corrected chi connectivity index (χ1v) is 18.9. The minimum Gasteiger partial charge on any atom is -0.475 e. The van der Waals surface area contributed by atoms with Crippen LogP contribution in [0.4, 0.5) is 19.4 Å². The Kier molecular flexibility index (Phi) is 9.82. The fourth-order valence-corrected chi connectivity index (χ4v) is 8.71. The zero-order chi connectivity index (χ0) is 39.4. The molecule has 2 aromatic heterocycles. The van der Waals surface area contributed by atoms with Crippen LogP contribution in [0.1, 0.15) is 52.0 Å². The van der Waals surface area contributed by atoms with Gasteiger partial charge in [0, 0.05) is 43.7 Å². The quantitative estimate of drug-likeness (QED) is 0.114. The molecule has 6 heterocycles. The standard InChI is InChI=1S/C41H45F2N7O6/c1-7-28-30(42)10-9-24-17-27(55-23-52-6)18-29(31(24)28)34-33(43)35-32-36(47-38(46-35)54-22-41-12-8-14-50(41)25(11-13-41)19-44-5)49-16-15-48(39(51)56-40(2,3)4)20-26(49)21-53-37(32)45-34/h1,9-10,17-18,25-26H,5,8,11-16,19-23H2,2-4,6H3/t25-,26-,41-/m0/s1. The monoisotopic (exact) mass is 769 g/mol. The molecule has 0 saturated carbocycles. The Morgan fingerprint density at radius 1 is 1.12 bits per heavy atom. The third-order valence-electron chi connectivity index (χ3n) is 11.2. The molecule has 294 valence electrons. The number of nitrogens with zero attached hydrogens (tertiary/aromatic N) is 7. The SMILES string of the molecule is C#Cc1c(F)ccc2cc(OCOC)cc(-c3nc4c5c(nc(OC[C@@]67CCCN6[C@H](CN=C)CC7)nc5c3F)N3CCN(C(=O)OC(C)(C)C)C[C@H]3CO4)c12. The summed E-state index contributed by atoms with van der Waals surface area (Å²) in [6.45, 7) is 12.0. The van der Waals surface area contributed by atoms with Gasteiger partial charge in [0.2, 0.25) is 5.88 Å². The molecule has 4 aromatic rings. The van der Waals surface area contributed by atoms with Gasteiger partial charge >= 0.3 is 12.1 Å². The van der Waals surface area contributed by atoms with Crippen molar-refractivity contribution in [2.75, 3.05) is 64.7 Å². The summed E-state index contributed by atoms with van der Waals surface area (Å²) in [6, 6.07) is 5.90. The minimum atomic E-state index is -0.803. The summed E-state index contributed by atoms with van der Waals surface area (Å²) in [7, 11) is 1.48. The highest BCUT2D eigenvalue weighted by Crippen LogP contribution is 2.45. The average Bonchev–Trinajstić information content (AvgIpc) is 3.70. The Hall–Kier alpha value is -5.33. The Labute approximate surface area is 323 Å². The first-order valence-electron chi connectivity index (χ1n) is 18.9. The van der Waals surface area contributed by atoms with Crippen molar-refractivity contribution in [3.8, 4) is 41.2 Å². The zero-order valence-corrected chi connectivity index (χ0v) is 32.1.